The first-order chi connectivity index (χ1) is 16.8. The second-order valence-corrected chi connectivity index (χ2v) is 9.03. The highest BCUT2D eigenvalue weighted by atomic mass is 16.5. The number of para-hydroxylation sites is 1. The normalized spacial score (nSPS) is 19.3. The number of hydrogen-bond acceptors (Lipinski definition) is 5. The van der Waals surface area contributed by atoms with Crippen molar-refractivity contribution in [1.29, 1.82) is 0 Å². The van der Waals surface area contributed by atoms with Gasteiger partial charge in [-0.1, -0.05) is 49.4 Å². The number of carbonyl (C=O) groups excluding carboxylic acids is 4. The number of amides is 5. The Morgan fingerprint density at radius 2 is 1.86 bits per heavy atom. The third-order valence-corrected chi connectivity index (χ3v) is 6.61. The molecule has 2 aromatic rings. The lowest BCUT2D eigenvalue weighted by atomic mass is 9.92. The van der Waals surface area contributed by atoms with E-state index in [0.29, 0.717) is 30.6 Å². The highest BCUT2D eigenvalue weighted by Crippen LogP contribution is 2.41. The van der Waals surface area contributed by atoms with E-state index in [2.05, 4.69) is 10.6 Å². The number of hydrogen-bond donors (Lipinski definition) is 2. The number of rotatable bonds is 8. The van der Waals surface area contributed by atoms with Gasteiger partial charge in [0.2, 0.25) is 5.91 Å². The lowest BCUT2D eigenvalue weighted by Crippen LogP contribution is -2.44. The van der Waals surface area contributed by atoms with Crippen LogP contribution in [0.25, 0.3) is 0 Å². The van der Waals surface area contributed by atoms with Crippen LogP contribution in [0.4, 0.5) is 4.79 Å². The van der Waals surface area contributed by atoms with Gasteiger partial charge in [-0.05, 0) is 36.5 Å². The standard InChI is InChI=1S/C26H30N4O5/c1-4-20(18-10-6-8-12-21(18)35-16-23(32)29(2)3)27-22(31)15-30-24(33)26(28-25(30)34)14-13-17-9-5-7-11-19(17)26/h5-12,20H,4,13-16H2,1-3H3,(H,27,31)(H,28,34). The number of imide groups is 1. The number of urea groups is 1. The van der Waals surface area contributed by atoms with Gasteiger partial charge in [-0.3, -0.25) is 19.3 Å². The Labute approximate surface area is 204 Å². The van der Waals surface area contributed by atoms with Crippen LogP contribution in [-0.4, -0.2) is 60.8 Å². The van der Waals surface area contributed by atoms with Crippen molar-refractivity contribution in [2.75, 3.05) is 27.2 Å². The van der Waals surface area contributed by atoms with Gasteiger partial charge < -0.3 is 20.3 Å². The van der Waals surface area contributed by atoms with E-state index in [1.54, 1.807) is 26.2 Å². The molecule has 1 spiro atoms. The lowest BCUT2D eigenvalue weighted by Gasteiger charge is -2.23. The molecule has 9 nitrogen and oxygen atoms in total. The second kappa shape index (κ2) is 9.77. The van der Waals surface area contributed by atoms with Crippen LogP contribution in [0.2, 0.25) is 0 Å². The van der Waals surface area contributed by atoms with Gasteiger partial charge >= 0.3 is 6.03 Å². The van der Waals surface area contributed by atoms with Crippen molar-refractivity contribution in [2.24, 2.45) is 0 Å². The summed E-state index contributed by atoms with van der Waals surface area (Å²) < 4.78 is 5.72. The predicted octanol–water partition coefficient (Wildman–Crippen LogP) is 2.11. The van der Waals surface area contributed by atoms with Crippen molar-refractivity contribution in [2.45, 2.75) is 37.8 Å². The minimum atomic E-state index is -1.10. The van der Waals surface area contributed by atoms with Crippen LogP contribution in [0.15, 0.2) is 48.5 Å². The molecule has 4 rings (SSSR count). The summed E-state index contributed by atoms with van der Waals surface area (Å²) in [6.07, 6.45) is 1.71. The fraction of sp³-hybridized carbons (Fsp3) is 0.385. The molecule has 1 heterocycles. The summed E-state index contributed by atoms with van der Waals surface area (Å²) in [7, 11) is 3.30. The van der Waals surface area contributed by atoms with Crippen molar-refractivity contribution < 1.29 is 23.9 Å². The number of benzene rings is 2. The summed E-state index contributed by atoms with van der Waals surface area (Å²) in [6.45, 7) is 1.40. The second-order valence-electron chi connectivity index (χ2n) is 9.03. The third kappa shape index (κ3) is 4.58. The fourth-order valence-electron chi connectivity index (χ4n) is 4.68. The summed E-state index contributed by atoms with van der Waals surface area (Å²) in [6, 6.07) is 13.8. The highest BCUT2D eigenvalue weighted by Gasteiger charge is 2.55. The fourth-order valence-corrected chi connectivity index (χ4v) is 4.68. The summed E-state index contributed by atoms with van der Waals surface area (Å²) in [5.74, 6) is -0.548. The van der Waals surface area contributed by atoms with Gasteiger partial charge in [-0.2, -0.15) is 0 Å². The van der Waals surface area contributed by atoms with E-state index in [4.69, 9.17) is 4.74 Å². The van der Waals surface area contributed by atoms with Crippen molar-refractivity contribution in [3.05, 3.63) is 65.2 Å². The van der Waals surface area contributed by atoms with Crippen LogP contribution >= 0.6 is 0 Å². The molecule has 5 amide bonds. The Balaban J connectivity index is 1.45. The van der Waals surface area contributed by atoms with Gasteiger partial charge in [-0.25, -0.2) is 4.79 Å². The highest BCUT2D eigenvalue weighted by molar-refractivity contribution is 6.10. The number of carbonyl (C=O) groups is 4. The molecule has 35 heavy (non-hydrogen) atoms. The maximum absolute atomic E-state index is 13.3. The summed E-state index contributed by atoms with van der Waals surface area (Å²) in [5, 5.41) is 5.75. The minimum absolute atomic E-state index is 0.125. The number of aryl methyl sites for hydroxylation is 1. The van der Waals surface area contributed by atoms with Crippen molar-refractivity contribution >= 4 is 23.8 Å². The van der Waals surface area contributed by atoms with Gasteiger partial charge in [0.15, 0.2) is 6.61 Å². The van der Waals surface area contributed by atoms with Crippen LogP contribution in [0.3, 0.4) is 0 Å². The molecule has 1 fully saturated rings. The van der Waals surface area contributed by atoms with Crippen LogP contribution in [0.1, 0.15) is 42.5 Å². The van der Waals surface area contributed by atoms with Crippen LogP contribution in [0.5, 0.6) is 5.75 Å². The molecule has 184 valence electrons. The molecule has 2 N–H and O–H groups in total. The predicted molar refractivity (Wildman–Crippen MR) is 128 cm³/mol. The number of fused-ring (bicyclic) bond motifs is 2. The van der Waals surface area contributed by atoms with Crippen molar-refractivity contribution in [1.82, 2.24) is 20.4 Å². The molecular weight excluding hydrogens is 448 g/mol. The number of likely N-dealkylation sites (N-methyl/N-ethyl adjacent to an activating group) is 1. The van der Waals surface area contributed by atoms with E-state index < -0.39 is 29.4 Å². The molecular formula is C26H30N4O5. The van der Waals surface area contributed by atoms with Crippen molar-refractivity contribution in [3.8, 4) is 5.75 Å². The van der Waals surface area contributed by atoms with E-state index in [-0.39, 0.29) is 19.1 Å². The zero-order chi connectivity index (χ0) is 25.2. The average Bonchev–Trinajstić information content (AvgIpc) is 3.34. The van der Waals surface area contributed by atoms with Crippen LogP contribution < -0.4 is 15.4 Å². The Bertz CT molecular complexity index is 1160. The van der Waals surface area contributed by atoms with E-state index >= 15 is 0 Å². The summed E-state index contributed by atoms with van der Waals surface area (Å²) in [4.78, 5) is 53.4. The summed E-state index contributed by atoms with van der Waals surface area (Å²) in [5.41, 5.74) is 1.44. The van der Waals surface area contributed by atoms with E-state index in [1.165, 1.54) is 4.90 Å². The van der Waals surface area contributed by atoms with Gasteiger partial charge in [0.1, 0.15) is 17.8 Å². The third-order valence-electron chi connectivity index (χ3n) is 6.61. The number of ether oxygens (including phenoxy) is 1. The van der Waals surface area contributed by atoms with E-state index in [9.17, 15) is 19.2 Å². The van der Waals surface area contributed by atoms with E-state index in [0.717, 1.165) is 16.0 Å². The number of nitrogens with zero attached hydrogens (tertiary/aromatic N) is 2. The molecule has 1 aliphatic carbocycles. The molecule has 2 atom stereocenters. The monoisotopic (exact) mass is 478 g/mol. The Morgan fingerprint density at radius 1 is 1.14 bits per heavy atom. The number of nitrogens with one attached hydrogen (secondary N) is 2. The van der Waals surface area contributed by atoms with Gasteiger partial charge in [-0.15, -0.1) is 0 Å². The maximum Gasteiger partial charge on any atom is 0.325 e. The summed E-state index contributed by atoms with van der Waals surface area (Å²) >= 11 is 0. The molecule has 2 aliphatic rings. The molecule has 1 saturated heterocycles. The van der Waals surface area contributed by atoms with Gasteiger partial charge in [0.05, 0.1) is 6.04 Å². The molecule has 2 unspecified atom stereocenters. The smallest absolute Gasteiger partial charge is 0.325 e. The largest absolute Gasteiger partial charge is 0.483 e. The van der Waals surface area contributed by atoms with Crippen LogP contribution in [-0.2, 0) is 26.3 Å². The first-order valence-electron chi connectivity index (χ1n) is 11.7. The average molecular weight is 479 g/mol. The van der Waals surface area contributed by atoms with E-state index in [1.807, 2.05) is 43.3 Å². The first-order valence-corrected chi connectivity index (χ1v) is 11.7. The molecule has 0 radical (unpaired) electrons. The zero-order valence-electron chi connectivity index (χ0n) is 20.2. The molecule has 0 saturated carbocycles. The Kier molecular flexibility index (Phi) is 6.77. The SMILES string of the molecule is CCC(NC(=O)CN1C(=O)NC2(CCc3ccccc32)C1=O)c1ccccc1OCC(=O)N(C)C. The molecule has 0 bridgehead atoms. The van der Waals surface area contributed by atoms with Crippen LogP contribution in [0, 0.1) is 0 Å². The van der Waals surface area contributed by atoms with Gasteiger partial charge in [0, 0.05) is 19.7 Å². The molecule has 0 aromatic heterocycles. The maximum atomic E-state index is 13.3. The lowest BCUT2D eigenvalue weighted by molar-refractivity contribution is -0.135. The molecule has 2 aromatic carbocycles. The van der Waals surface area contributed by atoms with Crippen molar-refractivity contribution in [3.63, 3.8) is 0 Å². The Hall–Kier alpha value is -3.88. The molecule has 9 heteroatoms. The topological polar surface area (TPSA) is 108 Å². The zero-order valence-corrected chi connectivity index (χ0v) is 20.2. The minimum Gasteiger partial charge on any atom is -0.483 e. The quantitative estimate of drug-likeness (QED) is 0.565. The molecule has 1 aliphatic heterocycles. The first kappa shape index (κ1) is 24.3. The Morgan fingerprint density at radius 3 is 2.60 bits per heavy atom. The van der Waals surface area contributed by atoms with Gasteiger partial charge in [0.25, 0.3) is 11.8 Å².